The Labute approximate surface area is 127 Å². The maximum atomic E-state index is 12.4. The van der Waals surface area contributed by atoms with Crippen LogP contribution in [0, 0.1) is 13.8 Å². The Kier molecular flexibility index (Phi) is 4.97. The Hall–Kier alpha value is -1.73. The summed E-state index contributed by atoms with van der Waals surface area (Å²) in [5.74, 6) is -0.304. The molecule has 1 atom stereocenters. The van der Waals surface area contributed by atoms with Gasteiger partial charge in [0.15, 0.2) is 0 Å². The molecule has 1 aliphatic rings. The molecule has 1 aromatic rings. The number of rotatable bonds is 5. The number of alkyl halides is 2. The Morgan fingerprint density at radius 2 is 2.09 bits per heavy atom. The van der Waals surface area contributed by atoms with Crippen LogP contribution in [0.1, 0.15) is 27.9 Å². The molecular weight excluding hydrogens is 296 g/mol. The number of aryl methyl sites for hydroxylation is 2. The quantitative estimate of drug-likeness (QED) is 0.869. The maximum Gasteiger partial charge on any atom is 0.387 e. The number of halogens is 2. The molecule has 1 amide bonds. The molecule has 1 aromatic carbocycles. The van der Waals surface area contributed by atoms with Crippen LogP contribution in [-0.4, -0.2) is 43.0 Å². The highest BCUT2D eigenvalue weighted by Crippen LogP contribution is 2.27. The van der Waals surface area contributed by atoms with Gasteiger partial charge >= 0.3 is 6.61 Å². The van der Waals surface area contributed by atoms with Crippen LogP contribution in [0.3, 0.4) is 0 Å². The average molecular weight is 315 g/mol. The van der Waals surface area contributed by atoms with E-state index in [1.54, 1.807) is 13.8 Å². The van der Waals surface area contributed by atoms with Gasteiger partial charge in [-0.3, -0.25) is 4.79 Å². The molecule has 0 saturated carbocycles. The second-order valence-electron chi connectivity index (χ2n) is 5.51. The van der Waals surface area contributed by atoms with E-state index in [9.17, 15) is 18.7 Å². The minimum Gasteiger partial charge on any atom is -0.434 e. The van der Waals surface area contributed by atoms with Gasteiger partial charge in [0.1, 0.15) is 5.75 Å². The van der Waals surface area contributed by atoms with Gasteiger partial charge in [0.2, 0.25) is 0 Å². The van der Waals surface area contributed by atoms with Crippen molar-refractivity contribution in [2.45, 2.75) is 32.4 Å². The third-order valence-corrected chi connectivity index (χ3v) is 3.71. The zero-order chi connectivity index (χ0) is 16.3. The molecule has 1 saturated heterocycles. The van der Waals surface area contributed by atoms with Crippen molar-refractivity contribution in [3.8, 4) is 5.75 Å². The molecule has 1 fully saturated rings. The summed E-state index contributed by atoms with van der Waals surface area (Å²) in [7, 11) is 0. The largest absolute Gasteiger partial charge is 0.434 e. The zero-order valence-corrected chi connectivity index (χ0v) is 12.5. The standard InChI is InChI=1S/C15H19F2NO4/c1-9-5-11(6-10(2)12(9)22-14(16)17)13(20)18-15(7-19)3-4-21-8-15/h5-6,14,19H,3-4,7-8H2,1-2H3,(H,18,20). The van der Waals surface area contributed by atoms with E-state index in [2.05, 4.69) is 10.1 Å². The average Bonchev–Trinajstić information content (AvgIpc) is 2.91. The van der Waals surface area contributed by atoms with Gasteiger partial charge < -0.3 is 19.9 Å². The van der Waals surface area contributed by atoms with Crippen LogP contribution in [0.2, 0.25) is 0 Å². The highest BCUT2D eigenvalue weighted by molar-refractivity contribution is 5.95. The third-order valence-electron chi connectivity index (χ3n) is 3.71. The number of benzene rings is 1. The molecule has 1 unspecified atom stereocenters. The fourth-order valence-electron chi connectivity index (χ4n) is 2.54. The molecule has 22 heavy (non-hydrogen) atoms. The lowest BCUT2D eigenvalue weighted by atomic mass is 9.98. The fourth-order valence-corrected chi connectivity index (χ4v) is 2.54. The number of hydrogen-bond acceptors (Lipinski definition) is 4. The first kappa shape index (κ1) is 16.6. The van der Waals surface area contributed by atoms with Crippen LogP contribution in [0.25, 0.3) is 0 Å². The molecule has 0 radical (unpaired) electrons. The highest BCUT2D eigenvalue weighted by Gasteiger charge is 2.36. The van der Waals surface area contributed by atoms with Crippen LogP contribution in [0.5, 0.6) is 5.75 Å². The van der Waals surface area contributed by atoms with Gasteiger partial charge in [-0.15, -0.1) is 0 Å². The highest BCUT2D eigenvalue weighted by atomic mass is 19.3. The summed E-state index contributed by atoms with van der Waals surface area (Å²) in [6.07, 6.45) is 0.528. The summed E-state index contributed by atoms with van der Waals surface area (Å²) in [5.41, 5.74) is 0.450. The monoisotopic (exact) mass is 315 g/mol. The summed E-state index contributed by atoms with van der Waals surface area (Å²) >= 11 is 0. The first-order chi connectivity index (χ1) is 10.4. The smallest absolute Gasteiger partial charge is 0.387 e. The number of nitrogens with one attached hydrogen (secondary N) is 1. The number of ether oxygens (including phenoxy) is 2. The molecule has 7 heteroatoms. The number of hydrogen-bond donors (Lipinski definition) is 2. The number of carbonyl (C=O) groups excluding carboxylic acids is 1. The van der Waals surface area contributed by atoms with Gasteiger partial charge in [-0.2, -0.15) is 8.78 Å². The fraction of sp³-hybridized carbons (Fsp3) is 0.533. The summed E-state index contributed by atoms with van der Waals surface area (Å²) in [6.45, 7) is 0.790. The number of amides is 1. The number of aliphatic hydroxyl groups excluding tert-OH is 1. The predicted molar refractivity (Wildman–Crippen MR) is 75.3 cm³/mol. The van der Waals surface area contributed by atoms with E-state index in [4.69, 9.17) is 4.74 Å². The molecule has 0 bridgehead atoms. The summed E-state index contributed by atoms with van der Waals surface area (Å²) in [6, 6.07) is 2.97. The van der Waals surface area contributed by atoms with Crippen molar-refractivity contribution in [3.05, 3.63) is 28.8 Å². The van der Waals surface area contributed by atoms with Gasteiger partial charge in [-0.05, 0) is 43.5 Å². The van der Waals surface area contributed by atoms with Crippen molar-refractivity contribution in [1.82, 2.24) is 5.32 Å². The van der Waals surface area contributed by atoms with E-state index in [1.165, 1.54) is 12.1 Å². The maximum absolute atomic E-state index is 12.4. The van der Waals surface area contributed by atoms with Crippen LogP contribution in [0.4, 0.5) is 8.78 Å². The minimum atomic E-state index is -2.91. The topological polar surface area (TPSA) is 67.8 Å². The third kappa shape index (κ3) is 3.53. The summed E-state index contributed by atoms with van der Waals surface area (Å²) in [4.78, 5) is 12.3. The lowest BCUT2D eigenvalue weighted by Crippen LogP contribution is -2.52. The van der Waals surface area contributed by atoms with Gasteiger partial charge in [-0.25, -0.2) is 0 Å². The molecule has 122 valence electrons. The Morgan fingerprint density at radius 3 is 2.55 bits per heavy atom. The molecule has 2 rings (SSSR count). The molecular formula is C15H19F2NO4. The van der Waals surface area contributed by atoms with Crippen molar-refractivity contribution in [1.29, 1.82) is 0 Å². The van der Waals surface area contributed by atoms with E-state index in [0.717, 1.165) is 0 Å². The second-order valence-corrected chi connectivity index (χ2v) is 5.51. The molecule has 1 aliphatic heterocycles. The molecule has 1 heterocycles. The van der Waals surface area contributed by atoms with Crippen molar-refractivity contribution < 1.29 is 28.2 Å². The Bertz CT molecular complexity index is 533. The summed E-state index contributed by atoms with van der Waals surface area (Å²) < 4.78 is 34.4. The summed E-state index contributed by atoms with van der Waals surface area (Å²) in [5, 5.41) is 12.2. The normalized spacial score (nSPS) is 21.2. The first-order valence-electron chi connectivity index (χ1n) is 6.94. The van der Waals surface area contributed by atoms with Crippen LogP contribution < -0.4 is 10.1 Å². The molecule has 0 aromatic heterocycles. The number of aliphatic hydroxyl groups is 1. The SMILES string of the molecule is Cc1cc(C(=O)NC2(CO)CCOC2)cc(C)c1OC(F)F. The van der Waals surface area contributed by atoms with Crippen molar-refractivity contribution >= 4 is 5.91 Å². The number of carbonyl (C=O) groups is 1. The molecule has 0 aliphatic carbocycles. The molecule has 5 nitrogen and oxygen atoms in total. The zero-order valence-electron chi connectivity index (χ0n) is 12.5. The van der Waals surface area contributed by atoms with E-state index >= 15 is 0 Å². The van der Waals surface area contributed by atoms with Crippen molar-refractivity contribution in [2.24, 2.45) is 0 Å². The second kappa shape index (κ2) is 6.58. The molecule has 0 spiro atoms. The van der Waals surface area contributed by atoms with Crippen molar-refractivity contribution in [2.75, 3.05) is 19.8 Å². The predicted octanol–water partition coefficient (Wildman–Crippen LogP) is 1.79. The van der Waals surface area contributed by atoms with E-state index < -0.39 is 12.2 Å². The van der Waals surface area contributed by atoms with Crippen molar-refractivity contribution in [3.63, 3.8) is 0 Å². The van der Waals surface area contributed by atoms with Crippen LogP contribution in [0.15, 0.2) is 12.1 Å². The van der Waals surface area contributed by atoms with E-state index in [1.807, 2.05) is 0 Å². The van der Waals surface area contributed by atoms with Crippen LogP contribution >= 0.6 is 0 Å². The lowest BCUT2D eigenvalue weighted by molar-refractivity contribution is -0.0507. The lowest BCUT2D eigenvalue weighted by Gasteiger charge is -2.26. The Balaban J connectivity index is 2.20. The van der Waals surface area contributed by atoms with Crippen LogP contribution in [-0.2, 0) is 4.74 Å². The van der Waals surface area contributed by atoms with Gasteiger partial charge in [0.05, 0.1) is 18.8 Å². The molecule has 2 N–H and O–H groups in total. The first-order valence-corrected chi connectivity index (χ1v) is 6.94. The Morgan fingerprint density at radius 1 is 1.45 bits per heavy atom. The van der Waals surface area contributed by atoms with E-state index in [0.29, 0.717) is 29.7 Å². The van der Waals surface area contributed by atoms with Gasteiger partial charge in [0.25, 0.3) is 5.91 Å². The van der Waals surface area contributed by atoms with Gasteiger partial charge in [-0.1, -0.05) is 0 Å². The van der Waals surface area contributed by atoms with Gasteiger partial charge in [0, 0.05) is 12.2 Å². The van der Waals surface area contributed by atoms with E-state index in [-0.39, 0.29) is 24.9 Å². The minimum absolute atomic E-state index is 0.0765.